The molecule has 0 spiro atoms. The lowest BCUT2D eigenvalue weighted by Gasteiger charge is -2.12. The lowest BCUT2D eigenvalue weighted by atomic mass is 9.98. The second-order valence-electron chi connectivity index (χ2n) is 7.22. The van der Waals surface area contributed by atoms with Crippen molar-refractivity contribution in [2.24, 2.45) is 0 Å². The molecule has 31 heavy (non-hydrogen) atoms. The van der Waals surface area contributed by atoms with Crippen molar-refractivity contribution >= 4 is 5.78 Å². The highest BCUT2D eigenvalue weighted by Gasteiger charge is 2.21. The normalized spacial score (nSPS) is 12.0. The molecule has 0 bridgehead atoms. The van der Waals surface area contributed by atoms with Crippen LogP contribution < -0.4 is 5.56 Å². The summed E-state index contributed by atoms with van der Waals surface area (Å²) in [4.78, 5) is 34.7. The van der Waals surface area contributed by atoms with E-state index in [4.69, 9.17) is 4.52 Å². The van der Waals surface area contributed by atoms with Crippen LogP contribution in [0, 0.1) is 12.7 Å². The van der Waals surface area contributed by atoms with Gasteiger partial charge in [-0.15, -0.1) is 0 Å². The third-order valence-corrected chi connectivity index (χ3v) is 4.85. The zero-order chi connectivity index (χ0) is 22.0. The summed E-state index contributed by atoms with van der Waals surface area (Å²) in [6, 6.07) is 12.2. The van der Waals surface area contributed by atoms with E-state index in [1.807, 2.05) is 6.92 Å². The third-order valence-electron chi connectivity index (χ3n) is 4.85. The Bertz CT molecular complexity index is 1280. The Morgan fingerprint density at radius 1 is 1.19 bits per heavy atom. The zero-order valence-corrected chi connectivity index (χ0v) is 16.9. The van der Waals surface area contributed by atoms with Crippen molar-refractivity contribution in [1.82, 2.24) is 19.7 Å². The first-order valence-corrected chi connectivity index (χ1v) is 9.70. The number of pyridine rings is 2. The predicted octanol–water partition coefficient (Wildman–Crippen LogP) is 4.11. The maximum Gasteiger partial charge on any atom is 0.264 e. The number of aryl methyl sites for hydroxylation is 1. The van der Waals surface area contributed by atoms with E-state index in [9.17, 15) is 14.0 Å². The fraction of sp³-hybridized carbons (Fsp3) is 0.174. The molecule has 0 N–H and O–H groups in total. The molecule has 8 heteroatoms. The third kappa shape index (κ3) is 4.32. The van der Waals surface area contributed by atoms with E-state index in [0.29, 0.717) is 28.7 Å². The maximum absolute atomic E-state index is 13.4. The van der Waals surface area contributed by atoms with Crippen LogP contribution in [-0.4, -0.2) is 25.5 Å². The molecule has 4 rings (SSSR count). The van der Waals surface area contributed by atoms with Crippen molar-refractivity contribution in [3.8, 4) is 16.9 Å². The minimum Gasteiger partial charge on any atom is -0.339 e. The summed E-state index contributed by atoms with van der Waals surface area (Å²) >= 11 is 0. The lowest BCUT2D eigenvalue weighted by Crippen LogP contribution is -2.22. The van der Waals surface area contributed by atoms with Crippen LogP contribution in [0.2, 0.25) is 0 Å². The van der Waals surface area contributed by atoms with Gasteiger partial charge in [-0.3, -0.25) is 14.2 Å². The largest absolute Gasteiger partial charge is 0.339 e. The van der Waals surface area contributed by atoms with Gasteiger partial charge < -0.3 is 4.52 Å². The summed E-state index contributed by atoms with van der Waals surface area (Å²) in [7, 11) is 0. The van der Waals surface area contributed by atoms with Crippen LogP contribution in [0.5, 0.6) is 0 Å². The van der Waals surface area contributed by atoms with Crippen LogP contribution in [-0.2, 0) is 0 Å². The number of carbonyl (C=O) groups excluding carboxylic acids is 1. The molecule has 3 heterocycles. The van der Waals surface area contributed by atoms with Gasteiger partial charge in [-0.25, -0.2) is 9.37 Å². The van der Waals surface area contributed by atoms with Gasteiger partial charge in [0.1, 0.15) is 11.6 Å². The number of benzene rings is 1. The first-order chi connectivity index (χ1) is 14.9. The molecule has 0 aliphatic heterocycles. The highest BCUT2D eigenvalue weighted by atomic mass is 19.1. The Morgan fingerprint density at radius 3 is 2.61 bits per heavy atom. The second kappa shape index (κ2) is 8.43. The molecule has 0 fully saturated rings. The van der Waals surface area contributed by atoms with Gasteiger partial charge in [0.2, 0.25) is 5.89 Å². The van der Waals surface area contributed by atoms with Gasteiger partial charge in [-0.1, -0.05) is 30.3 Å². The average molecular weight is 418 g/mol. The van der Waals surface area contributed by atoms with Crippen LogP contribution in [0.25, 0.3) is 16.9 Å². The van der Waals surface area contributed by atoms with Crippen LogP contribution in [0.4, 0.5) is 4.39 Å². The minimum absolute atomic E-state index is 0.116. The Hall–Kier alpha value is -3.94. The van der Waals surface area contributed by atoms with Crippen LogP contribution in [0.3, 0.4) is 0 Å². The molecule has 156 valence electrons. The van der Waals surface area contributed by atoms with E-state index in [1.54, 1.807) is 31.3 Å². The molecule has 1 atom stereocenters. The van der Waals surface area contributed by atoms with Crippen molar-refractivity contribution in [2.45, 2.75) is 26.2 Å². The molecular formula is C23H19FN4O3. The first-order valence-electron chi connectivity index (χ1n) is 9.70. The number of Topliss-reactive ketones (excluding diaryl/α,β-unsaturated/α-hetero) is 1. The van der Waals surface area contributed by atoms with Gasteiger partial charge >= 0.3 is 0 Å². The number of ketones is 1. The highest BCUT2D eigenvalue weighted by Crippen LogP contribution is 2.23. The number of carbonyl (C=O) groups is 1. The monoisotopic (exact) mass is 418 g/mol. The average Bonchev–Trinajstić information content (AvgIpc) is 3.21. The van der Waals surface area contributed by atoms with Crippen molar-refractivity contribution in [3.05, 3.63) is 94.4 Å². The summed E-state index contributed by atoms with van der Waals surface area (Å²) in [6.07, 6.45) is 3.16. The van der Waals surface area contributed by atoms with Gasteiger partial charge in [0, 0.05) is 35.9 Å². The lowest BCUT2D eigenvalue weighted by molar-refractivity contribution is 0.0970. The SMILES string of the molecule is Cc1noc([C@@H](C)CC(=O)c2cc(-c3ccc(F)cc3)c(=O)n(-c3ccccn3)c2)n1. The number of halogens is 1. The van der Waals surface area contributed by atoms with Crippen LogP contribution >= 0.6 is 0 Å². The smallest absolute Gasteiger partial charge is 0.264 e. The van der Waals surface area contributed by atoms with Crippen molar-refractivity contribution in [3.63, 3.8) is 0 Å². The molecule has 0 amide bonds. The molecule has 7 nitrogen and oxygen atoms in total. The fourth-order valence-corrected chi connectivity index (χ4v) is 3.23. The second-order valence-corrected chi connectivity index (χ2v) is 7.22. The molecule has 4 aromatic rings. The van der Waals surface area contributed by atoms with Gasteiger partial charge in [-0.05, 0) is 42.8 Å². The topological polar surface area (TPSA) is 90.9 Å². The predicted molar refractivity (Wildman–Crippen MR) is 112 cm³/mol. The fourth-order valence-electron chi connectivity index (χ4n) is 3.23. The van der Waals surface area contributed by atoms with Crippen molar-refractivity contribution in [1.29, 1.82) is 0 Å². The Labute approximate surface area is 177 Å². The summed E-state index contributed by atoms with van der Waals surface area (Å²) in [5.74, 6) is 0.352. The minimum atomic E-state index is -0.412. The van der Waals surface area contributed by atoms with E-state index in [-0.39, 0.29) is 29.2 Å². The molecule has 1 aromatic carbocycles. The summed E-state index contributed by atoms with van der Waals surface area (Å²) in [6.45, 7) is 3.53. The first kappa shape index (κ1) is 20.3. The molecule has 0 saturated heterocycles. The zero-order valence-electron chi connectivity index (χ0n) is 16.9. The Morgan fingerprint density at radius 2 is 1.97 bits per heavy atom. The van der Waals surface area contributed by atoms with Crippen molar-refractivity contribution in [2.75, 3.05) is 0 Å². The molecule has 0 saturated carbocycles. The van der Waals surface area contributed by atoms with E-state index in [1.165, 1.54) is 41.1 Å². The van der Waals surface area contributed by atoms with Gasteiger partial charge in [0.05, 0.1) is 0 Å². The standard InChI is InChI=1S/C23H19FN4O3/c1-14(22-26-15(2)27-31-22)11-20(29)17-12-19(16-6-8-18(24)9-7-16)23(30)28(13-17)21-5-3-4-10-25-21/h3-10,12-14H,11H2,1-2H3/t14-/m0/s1. The Balaban J connectivity index is 1.78. The number of aromatic nitrogens is 4. The van der Waals surface area contributed by atoms with Crippen molar-refractivity contribution < 1.29 is 13.7 Å². The maximum atomic E-state index is 13.4. The summed E-state index contributed by atoms with van der Waals surface area (Å²) < 4.78 is 19.9. The molecule has 3 aromatic heterocycles. The van der Waals surface area contributed by atoms with E-state index in [0.717, 1.165) is 0 Å². The number of hydrogen-bond acceptors (Lipinski definition) is 6. The summed E-state index contributed by atoms with van der Waals surface area (Å²) in [5, 5.41) is 3.76. The molecule has 0 aliphatic carbocycles. The quantitative estimate of drug-likeness (QED) is 0.438. The number of hydrogen-bond donors (Lipinski definition) is 0. The van der Waals surface area contributed by atoms with Gasteiger partial charge in [0.15, 0.2) is 11.6 Å². The van der Waals surface area contributed by atoms with Gasteiger partial charge in [-0.2, -0.15) is 4.98 Å². The summed E-state index contributed by atoms with van der Waals surface area (Å²) in [5.41, 5.74) is 0.749. The van der Waals surface area contributed by atoms with Crippen LogP contribution in [0.15, 0.2) is 70.2 Å². The number of rotatable bonds is 6. The van der Waals surface area contributed by atoms with E-state index < -0.39 is 5.82 Å². The Kier molecular flexibility index (Phi) is 5.53. The number of nitrogens with zero attached hydrogens (tertiary/aromatic N) is 4. The highest BCUT2D eigenvalue weighted by molar-refractivity contribution is 5.97. The van der Waals surface area contributed by atoms with E-state index in [2.05, 4.69) is 15.1 Å². The molecule has 0 radical (unpaired) electrons. The van der Waals surface area contributed by atoms with Gasteiger partial charge in [0.25, 0.3) is 5.56 Å². The molecule has 0 unspecified atom stereocenters. The molecule has 0 aliphatic rings. The van der Waals surface area contributed by atoms with E-state index >= 15 is 0 Å². The molecular weight excluding hydrogens is 399 g/mol. The van der Waals surface area contributed by atoms with Crippen LogP contribution in [0.1, 0.15) is 41.3 Å².